The van der Waals surface area contributed by atoms with E-state index in [9.17, 15) is 18.8 Å². The third-order valence-corrected chi connectivity index (χ3v) is 5.43. The zero-order chi connectivity index (χ0) is 21.1. The lowest BCUT2D eigenvalue weighted by Gasteiger charge is -2.24. The van der Waals surface area contributed by atoms with Gasteiger partial charge in [-0.15, -0.1) is 0 Å². The summed E-state index contributed by atoms with van der Waals surface area (Å²) in [7, 11) is 1.46. The number of anilines is 1. The quantitative estimate of drug-likeness (QED) is 0.463. The fourth-order valence-corrected chi connectivity index (χ4v) is 3.37. The molecule has 0 saturated carbocycles. The smallest absolute Gasteiger partial charge is 0.269 e. The Hall–Kier alpha value is -2.60. The van der Waals surface area contributed by atoms with Crippen molar-refractivity contribution < 1.29 is 18.8 Å². The molecule has 1 saturated heterocycles. The van der Waals surface area contributed by atoms with E-state index >= 15 is 0 Å². The second-order valence-corrected chi connectivity index (χ2v) is 7.89. The molecule has 2 aromatic rings. The Morgan fingerprint density at radius 3 is 2.55 bits per heavy atom. The lowest BCUT2D eigenvalue weighted by atomic mass is 10.2. The molecular weight excluding hydrogens is 510 g/mol. The molecule has 1 fully saturated rings. The van der Waals surface area contributed by atoms with Gasteiger partial charge in [-0.05, 0) is 77.3 Å². The Morgan fingerprint density at radius 2 is 1.90 bits per heavy atom. The monoisotopic (exact) mass is 526 g/mol. The molecule has 1 heterocycles. The minimum atomic E-state index is -1.01. The zero-order valence-corrected chi connectivity index (χ0v) is 18.2. The van der Waals surface area contributed by atoms with E-state index in [1.54, 1.807) is 12.1 Å². The predicted molar refractivity (Wildman–Crippen MR) is 117 cm³/mol. The Bertz CT molecular complexity index is 986. The maximum atomic E-state index is 13.4. The van der Waals surface area contributed by atoms with Crippen LogP contribution in [0.1, 0.15) is 16.8 Å². The van der Waals surface area contributed by atoms with Crippen molar-refractivity contribution in [3.8, 4) is 0 Å². The first-order valence-electron chi connectivity index (χ1n) is 8.49. The van der Waals surface area contributed by atoms with Crippen LogP contribution in [0.5, 0.6) is 0 Å². The molecular formula is C19H16FIN4O3S. The molecule has 150 valence electrons. The van der Waals surface area contributed by atoms with Crippen LogP contribution in [0.4, 0.5) is 10.1 Å². The summed E-state index contributed by atoms with van der Waals surface area (Å²) in [5.74, 6) is -2.04. The van der Waals surface area contributed by atoms with Crippen LogP contribution in [0, 0.1) is 9.39 Å². The van der Waals surface area contributed by atoms with Crippen LogP contribution in [0.15, 0.2) is 48.5 Å². The molecule has 2 aromatic carbocycles. The van der Waals surface area contributed by atoms with Crippen molar-refractivity contribution in [2.75, 3.05) is 12.4 Å². The highest BCUT2D eigenvalue weighted by Crippen LogP contribution is 2.19. The first-order valence-corrected chi connectivity index (χ1v) is 9.97. The summed E-state index contributed by atoms with van der Waals surface area (Å²) >= 11 is 7.37. The lowest BCUT2D eigenvalue weighted by molar-refractivity contribution is -0.130. The van der Waals surface area contributed by atoms with Crippen LogP contribution in [0.2, 0.25) is 0 Å². The van der Waals surface area contributed by atoms with Gasteiger partial charge in [0.2, 0.25) is 5.91 Å². The van der Waals surface area contributed by atoms with Gasteiger partial charge in [-0.3, -0.25) is 24.7 Å². The van der Waals surface area contributed by atoms with E-state index in [2.05, 4.69) is 33.3 Å². The molecule has 2 N–H and O–H groups in total. The minimum Gasteiger partial charge on any atom is -0.326 e. The summed E-state index contributed by atoms with van der Waals surface area (Å²) in [6, 6.07) is 11.3. The first kappa shape index (κ1) is 21.1. The second kappa shape index (κ2) is 8.82. The van der Waals surface area contributed by atoms with Crippen LogP contribution >= 0.6 is 34.8 Å². The molecule has 0 spiro atoms. The van der Waals surface area contributed by atoms with E-state index in [-0.39, 0.29) is 17.1 Å². The summed E-state index contributed by atoms with van der Waals surface area (Å²) in [4.78, 5) is 38.6. The number of hydrogen-bond acceptors (Lipinski definition) is 4. The predicted octanol–water partition coefficient (Wildman–Crippen LogP) is 2.53. The van der Waals surface area contributed by atoms with E-state index in [0.29, 0.717) is 5.69 Å². The molecule has 3 rings (SSSR count). The van der Waals surface area contributed by atoms with Crippen LogP contribution in [-0.2, 0) is 9.59 Å². The first-order chi connectivity index (χ1) is 13.8. The Labute approximate surface area is 185 Å². The number of amides is 3. The van der Waals surface area contributed by atoms with E-state index in [1.165, 1.54) is 35.2 Å². The number of rotatable bonds is 5. The molecule has 29 heavy (non-hydrogen) atoms. The third kappa shape index (κ3) is 4.88. The van der Waals surface area contributed by atoms with Gasteiger partial charge in [0, 0.05) is 21.9 Å². The van der Waals surface area contributed by atoms with E-state index in [1.807, 2.05) is 12.1 Å². The fourth-order valence-electron chi connectivity index (χ4n) is 2.75. The highest BCUT2D eigenvalue weighted by atomic mass is 127. The largest absolute Gasteiger partial charge is 0.326 e. The number of carbonyl (C=O) groups is 3. The number of thiocarbonyl (C=S) groups is 1. The molecule has 1 aliphatic rings. The van der Waals surface area contributed by atoms with Crippen molar-refractivity contribution in [2.45, 2.75) is 12.5 Å². The second-order valence-electron chi connectivity index (χ2n) is 6.28. The van der Waals surface area contributed by atoms with Crippen molar-refractivity contribution in [3.05, 3.63) is 63.5 Å². The van der Waals surface area contributed by atoms with Gasteiger partial charge in [0.15, 0.2) is 5.11 Å². The maximum absolute atomic E-state index is 13.4. The molecule has 0 aromatic heterocycles. The molecule has 0 radical (unpaired) electrons. The van der Waals surface area contributed by atoms with Gasteiger partial charge in [-0.2, -0.15) is 0 Å². The van der Waals surface area contributed by atoms with Gasteiger partial charge in [0.05, 0.1) is 6.42 Å². The van der Waals surface area contributed by atoms with Gasteiger partial charge in [0.25, 0.3) is 11.8 Å². The Kier molecular flexibility index (Phi) is 6.42. The average molecular weight is 526 g/mol. The minimum absolute atomic E-state index is 0.0480. The van der Waals surface area contributed by atoms with Crippen molar-refractivity contribution in [3.63, 3.8) is 0 Å². The number of hydrogen-bond donors (Lipinski definition) is 2. The van der Waals surface area contributed by atoms with Crippen molar-refractivity contribution in [2.24, 2.45) is 0 Å². The van der Waals surface area contributed by atoms with Gasteiger partial charge in [-0.25, -0.2) is 9.40 Å². The summed E-state index contributed by atoms with van der Waals surface area (Å²) in [6.07, 6.45) is -0.223. The van der Waals surface area contributed by atoms with Crippen LogP contribution in [0.3, 0.4) is 0 Å². The normalized spacial score (nSPS) is 16.2. The maximum Gasteiger partial charge on any atom is 0.269 e. The number of benzene rings is 2. The molecule has 1 aliphatic heterocycles. The molecule has 10 heteroatoms. The van der Waals surface area contributed by atoms with E-state index < -0.39 is 29.6 Å². The average Bonchev–Trinajstić information content (AvgIpc) is 2.88. The van der Waals surface area contributed by atoms with Gasteiger partial charge < -0.3 is 5.32 Å². The zero-order valence-electron chi connectivity index (χ0n) is 15.2. The third-order valence-electron chi connectivity index (χ3n) is 4.24. The summed E-state index contributed by atoms with van der Waals surface area (Å²) in [5, 5.41) is 3.93. The van der Waals surface area contributed by atoms with Crippen molar-refractivity contribution in [1.29, 1.82) is 0 Å². The van der Waals surface area contributed by atoms with Gasteiger partial charge in [-0.1, -0.05) is 6.07 Å². The lowest BCUT2D eigenvalue weighted by Crippen LogP contribution is -2.49. The SMILES string of the molecule is CN1C(=O)C(CC(=O)Nc2ccc(I)cc2)N(NC(=O)c2cccc(F)c2)C1=S. The van der Waals surface area contributed by atoms with Crippen molar-refractivity contribution >= 4 is 63.3 Å². The number of carbonyl (C=O) groups excluding carboxylic acids is 3. The summed E-state index contributed by atoms with van der Waals surface area (Å²) < 4.78 is 14.4. The number of halogens is 2. The summed E-state index contributed by atoms with van der Waals surface area (Å²) in [6.45, 7) is 0. The van der Waals surface area contributed by atoms with Gasteiger partial charge in [0.1, 0.15) is 11.9 Å². The number of hydrazine groups is 1. The molecule has 1 unspecified atom stereocenters. The number of nitrogens with zero attached hydrogens (tertiary/aromatic N) is 2. The Morgan fingerprint density at radius 1 is 1.21 bits per heavy atom. The molecule has 7 nitrogen and oxygen atoms in total. The highest BCUT2D eigenvalue weighted by Gasteiger charge is 2.42. The highest BCUT2D eigenvalue weighted by molar-refractivity contribution is 14.1. The standard InChI is InChI=1S/C19H16FIN4O3S/c1-24-18(28)15(10-16(26)22-14-7-5-13(21)6-8-14)25(19(24)29)23-17(27)11-3-2-4-12(20)9-11/h2-9,15H,10H2,1H3,(H,22,26)(H,23,27). The van der Waals surface area contributed by atoms with Gasteiger partial charge >= 0.3 is 0 Å². The molecule has 0 bridgehead atoms. The fraction of sp³-hybridized carbons (Fsp3) is 0.158. The molecule has 3 amide bonds. The van der Waals surface area contributed by atoms with Crippen LogP contribution < -0.4 is 10.7 Å². The number of nitrogens with one attached hydrogen (secondary N) is 2. The molecule has 1 atom stereocenters. The van der Waals surface area contributed by atoms with Crippen LogP contribution in [0.25, 0.3) is 0 Å². The molecule has 0 aliphatic carbocycles. The van der Waals surface area contributed by atoms with E-state index in [0.717, 1.165) is 9.64 Å². The summed E-state index contributed by atoms with van der Waals surface area (Å²) in [5.41, 5.74) is 3.16. The van der Waals surface area contributed by atoms with E-state index in [4.69, 9.17) is 12.2 Å². The van der Waals surface area contributed by atoms with Crippen molar-refractivity contribution in [1.82, 2.24) is 15.3 Å². The Balaban J connectivity index is 1.73. The number of likely N-dealkylation sites (N-methyl/N-ethyl adjacent to an activating group) is 1. The van der Waals surface area contributed by atoms with Crippen LogP contribution in [-0.4, -0.2) is 45.8 Å². The topological polar surface area (TPSA) is 81.8 Å².